The summed E-state index contributed by atoms with van der Waals surface area (Å²) < 4.78 is 16.1. The first-order chi connectivity index (χ1) is 14.0. The van der Waals surface area contributed by atoms with Gasteiger partial charge in [-0.1, -0.05) is 12.1 Å². The molecule has 3 rings (SSSR count). The van der Waals surface area contributed by atoms with Gasteiger partial charge in [-0.2, -0.15) is 0 Å². The number of carbonyl (C=O) groups is 1. The van der Waals surface area contributed by atoms with E-state index < -0.39 is 17.4 Å². The summed E-state index contributed by atoms with van der Waals surface area (Å²) >= 11 is 0. The van der Waals surface area contributed by atoms with Crippen LogP contribution in [0.2, 0.25) is 0 Å². The smallest absolute Gasteiger partial charge is 0.310 e. The normalized spacial score (nSPS) is 10.4. The summed E-state index contributed by atoms with van der Waals surface area (Å²) in [6.45, 7) is -0.608. The number of nitro groups is 1. The van der Waals surface area contributed by atoms with E-state index >= 15 is 0 Å². The van der Waals surface area contributed by atoms with Crippen LogP contribution in [0.15, 0.2) is 59.0 Å². The van der Waals surface area contributed by atoms with Crippen LogP contribution in [0.5, 0.6) is 11.5 Å². The molecule has 29 heavy (non-hydrogen) atoms. The highest BCUT2D eigenvalue weighted by atomic mass is 16.6. The molecule has 1 aromatic heterocycles. The average molecular weight is 398 g/mol. The Morgan fingerprint density at radius 1 is 1.17 bits per heavy atom. The molecule has 0 unspecified atom stereocenters. The number of hydrogen-bond acceptors (Lipinski definition) is 7. The van der Waals surface area contributed by atoms with Crippen LogP contribution in [-0.4, -0.2) is 29.7 Å². The third-order valence-corrected chi connectivity index (χ3v) is 3.99. The van der Waals surface area contributed by atoms with Gasteiger partial charge < -0.3 is 24.3 Å². The van der Waals surface area contributed by atoms with Gasteiger partial charge >= 0.3 is 5.69 Å². The summed E-state index contributed by atoms with van der Waals surface area (Å²) in [6.07, 6.45) is 0. The molecule has 0 atom stereocenters. The second-order valence-electron chi connectivity index (χ2n) is 5.90. The van der Waals surface area contributed by atoms with Gasteiger partial charge in [0.05, 0.1) is 17.6 Å². The zero-order chi connectivity index (χ0) is 20.8. The van der Waals surface area contributed by atoms with Gasteiger partial charge in [0.25, 0.3) is 5.91 Å². The highest BCUT2D eigenvalue weighted by Gasteiger charge is 2.16. The number of aliphatic hydroxyl groups excluding tert-OH is 1. The Hall–Kier alpha value is -3.85. The molecular formula is C20H18N2O7. The second kappa shape index (κ2) is 8.89. The van der Waals surface area contributed by atoms with Crippen LogP contribution in [0.4, 0.5) is 11.4 Å². The molecule has 150 valence electrons. The van der Waals surface area contributed by atoms with Gasteiger partial charge in [-0.25, -0.2) is 0 Å². The molecule has 1 amide bonds. The highest BCUT2D eigenvalue weighted by Crippen LogP contribution is 2.33. The molecule has 0 saturated carbocycles. The number of ether oxygens (including phenoxy) is 2. The van der Waals surface area contributed by atoms with Gasteiger partial charge in [-0.05, 0) is 30.3 Å². The van der Waals surface area contributed by atoms with Gasteiger partial charge in [0.15, 0.2) is 12.4 Å². The molecule has 2 aromatic carbocycles. The lowest BCUT2D eigenvalue weighted by molar-refractivity contribution is -0.385. The maximum absolute atomic E-state index is 12.2. The predicted molar refractivity (Wildman–Crippen MR) is 104 cm³/mol. The standard InChI is InChI=1S/C20H18N2O7/c1-27-19-10-13(6-8-15(19)17-9-7-14(11-23)29-17)21-20(24)12-28-18-5-3-2-4-16(18)22(25)26/h2-10,23H,11-12H2,1H3,(H,21,24). The average Bonchev–Trinajstić information content (AvgIpc) is 3.21. The molecule has 1 heterocycles. The topological polar surface area (TPSA) is 124 Å². The predicted octanol–water partition coefficient (Wildman–Crippen LogP) is 3.37. The summed E-state index contributed by atoms with van der Waals surface area (Å²) in [5.41, 5.74) is 0.893. The number of nitro benzene ring substituents is 1. The molecular weight excluding hydrogens is 380 g/mol. The fourth-order valence-electron chi connectivity index (χ4n) is 2.65. The van der Waals surface area contributed by atoms with Crippen LogP contribution in [0.3, 0.4) is 0 Å². The van der Waals surface area contributed by atoms with Crippen LogP contribution < -0.4 is 14.8 Å². The molecule has 0 radical (unpaired) electrons. The number of nitrogens with one attached hydrogen (secondary N) is 1. The Morgan fingerprint density at radius 3 is 2.66 bits per heavy atom. The summed E-state index contributed by atoms with van der Waals surface area (Å²) in [7, 11) is 1.48. The van der Waals surface area contributed by atoms with Crippen molar-refractivity contribution in [1.29, 1.82) is 0 Å². The summed E-state index contributed by atoms with van der Waals surface area (Å²) in [5.74, 6) is 0.924. The first-order valence-electron chi connectivity index (χ1n) is 8.56. The van der Waals surface area contributed by atoms with Crippen LogP contribution in [0.1, 0.15) is 5.76 Å². The maximum atomic E-state index is 12.2. The van der Waals surface area contributed by atoms with Crippen molar-refractivity contribution in [3.63, 3.8) is 0 Å². The highest BCUT2D eigenvalue weighted by molar-refractivity contribution is 5.92. The number of anilines is 1. The number of amides is 1. The van der Waals surface area contributed by atoms with E-state index in [1.165, 1.54) is 25.3 Å². The number of methoxy groups -OCH3 is 1. The van der Waals surface area contributed by atoms with E-state index in [4.69, 9.17) is 19.0 Å². The number of aliphatic hydroxyl groups is 1. The number of para-hydroxylation sites is 2. The first-order valence-corrected chi connectivity index (χ1v) is 8.56. The fourth-order valence-corrected chi connectivity index (χ4v) is 2.65. The summed E-state index contributed by atoms with van der Waals surface area (Å²) in [6, 6.07) is 14.2. The van der Waals surface area contributed by atoms with Gasteiger partial charge in [-0.15, -0.1) is 0 Å². The number of benzene rings is 2. The molecule has 9 heteroatoms. The van der Waals surface area contributed by atoms with Crippen molar-refractivity contribution in [1.82, 2.24) is 0 Å². The molecule has 0 spiro atoms. The molecule has 9 nitrogen and oxygen atoms in total. The van der Waals surface area contributed by atoms with Crippen LogP contribution in [0, 0.1) is 10.1 Å². The third-order valence-electron chi connectivity index (χ3n) is 3.99. The van der Waals surface area contributed by atoms with E-state index in [9.17, 15) is 14.9 Å². The van der Waals surface area contributed by atoms with Crippen molar-refractivity contribution < 1.29 is 28.7 Å². The lowest BCUT2D eigenvalue weighted by atomic mass is 10.1. The Kier molecular flexibility index (Phi) is 6.10. The molecule has 3 aromatic rings. The van der Waals surface area contributed by atoms with E-state index in [2.05, 4.69) is 5.32 Å². The quantitative estimate of drug-likeness (QED) is 0.440. The molecule has 0 aliphatic rings. The molecule has 2 N–H and O–H groups in total. The SMILES string of the molecule is COc1cc(NC(=O)COc2ccccc2[N+](=O)[O-])ccc1-c1ccc(CO)o1. The van der Waals surface area contributed by atoms with Crippen LogP contribution >= 0.6 is 0 Å². The number of rotatable bonds is 8. The Bertz CT molecular complexity index is 1030. The minimum atomic E-state index is -0.576. The summed E-state index contributed by atoms with van der Waals surface area (Å²) in [4.78, 5) is 22.6. The molecule has 0 aliphatic heterocycles. The van der Waals surface area contributed by atoms with Crippen LogP contribution in [-0.2, 0) is 11.4 Å². The zero-order valence-electron chi connectivity index (χ0n) is 15.5. The molecule has 0 aliphatic carbocycles. The monoisotopic (exact) mass is 398 g/mol. The number of furan rings is 1. The van der Waals surface area contributed by atoms with Crippen molar-refractivity contribution in [3.8, 4) is 22.8 Å². The van der Waals surface area contributed by atoms with E-state index in [0.717, 1.165) is 0 Å². The number of carbonyl (C=O) groups excluding carboxylic acids is 1. The molecule has 0 saturated heterocycles. The Morgan fingerprint density at radius 2 is 1.97 bits per heavy atom. The molecule has 0 bridgehead atoms. The van der Waals surface area contributed by atoms with Crippen molar-refractivity contribution in [3.05, 3.63) is 70.5 Å². The van der Waals surface area contributed by atoms with Crippen LogP contribution in [0.25, 0.3) is 11.3 Å². The number of nitrogens with zero attached hydrogens (tertiary/aromatic N) is 1. The van der Waals surface area contributed by atoms with E-state index in [-0.39, 0.29) is 18.0 Å². The third kappa shape index (κ3) is 4.71. The van der Waals surface area contributed by atoms with Crippen molar-refractivity contribution in [2.75, 3.05) is 19.0 Å². The zero-order valence-corrected chi connectivity index (χ0v) is 15.5. The fraction of sp³-hybridized carbons (Fsp3) is 0.150. The van der Waals surface area contributed by atoms with Crippen molar-refractivity contribution >= 4 is 17.3 Å². The minimum absolute atomic E-state index is 0.0121. The van der Waals surface area contributed by atoms with Gasteiger partial charge in [0.1, 0.15) is 23.9 Å². The molecule has 0 fully saturated rings. The minimum Gasteiger partial charge on any atom is -0.496 e. The van der Waals surface area contributed by atoms with E-state index in [1.54, 1.807) is 36.4 Å². The summed E-state index contributed by atoms with van der Waals surface area (Å²) in [5, 5.41) is 22.8. The van der Waals surface area contributed by atoms with Crippen molar-refractivity contribution in [2.45, 2.75) is 6.61 Å². The lowest BCUT2D eigenvalue weighted by Gasteiger charge is -2.11. The maximum Gasteiger partial charge on any atom is 0.310 e. The Balaban J connectivity index is 1.68. The van der Waals surface area contributed by atoms with Gasteiger partial charge in [-0.3, -0.25) is 14.9 Å². The largest absolute Gasteiger partial charge is 0.496 e. The first kappa shape index (κ1) is 19.9. The number of hydrogen-bond donors (Lipinski definition) is 2. The van der Waals surface area contributed by atoms with Crippen molar-refractivity contribution in [2.24, 2.45) is 0 Å². The van der Waals surface area contributed by atoms with Gasteiger partial charge in [0.2, 0.25) is 0 Å². The second-order valence-corrected chi connectivity index (χ2v) is 5.90. The van der Waals surface area contributed by atoms with Gasteiger partial charge in [0, 0.05) is 17.8 Å². The van der Waals surface area contributed by atoms with E-state index in [1.807, 2.05) is 0 Å². The lowest BCUT2D eigenvalue weighted by Crippen LogP contribution is -2.20. The Labute approximate surface area is 165 Å². The van der Waals surface area contributed by atoms with E-state index in [0.29, 0.717) is 28.5 Å².